The van der Waals surface area contributed by atoms with Crippen LogP contribution in [0, 0.1) is 0 Å². The minimum Gasteiger partial charge on any atom is -0.506 e. The number of aromatic nitrogens is 1. The molecule has 0 spiro atoms. The van der Waals surface area contributed by atoms with Gasteiger partial charge in [0.05, 0.1) is 37.6 Å². The zero-order chi connectivity index (χ0) is 24.9. The number of likely N-dealkylation sites (tertiary alicyclic amines) is 1. The summed E-state index contributed by atoms with van der Waals surface area (Å²) in [6.45, 7) is 3.24. The molecular formula is C27H30N2O6. The van der Waals surface area contributed by atoms with Crippen LogP contribution in [-0.4, -0.2) is 59.9 Å². The summed E-state index contributed by atoms with van der Waals surface area (Å²) in [6.07, 6.45) is 0.792. The van der Waals surface area contributed by atoms with Gasteiger partial charge >= 0.3 is 0 Å². The average Bonchev–Trinajstić information content (AvgIpc) is 3.38. The van der Waals surface area contributed by atoms with Crippen LogP contribution in [0.2, 0.25) is 0 Å². The van der Waals surface area contributed by atoms with E-state index in [2.05, 4.69) is 4.98 Å². The number of ether oxygens (including phenoxy) is 3. The maximum Gasteiger partial charge on any atom is 0.263 e. The molecule has 2 N–H and O–H groups in total. The van der Waals surface area contributed by atoms with E-state index in [9.17, 15) is 15.0 Å². The van der Waals surface area contributed by atoms with Crippen LogP contribution in [0.1, 0.15) is 40.9 Å². The maximum atomic E-state index is 13.6. The van der Waals surface area contributed by atoms with Crippen molar-refractivity contribution in [2.24, 2.45) is 0 Å². The molecule has 0 saturated carbocycles. The number of amides is 1. The third kappa shape index (κ3) is 4.74. The van der Waals surface area contributed by atoms with Gasteiger partial charge in [0.2, 0.25) is 5.88 Å². The van der Waals surface area contributed by atoms with Crippen molar-refractivity contribution in [3.63, 3.8) is 0 Å². The molecule has 2 heterocycles. The predicted octanol–water partition coefficient (Wildman–Crippen LogP) is 4.34. The van der Waals surface area contributed by atoms with E-state index in [1.165, 1.54) is 14.2 Å². The van der Waals surface area contributed by atoms with E-state index in [-0.39, 0.29) is 35.1 Å². The molecule has 2 aromatic carbocycles. The summed E-state index contributed by atoms with van der Waals surface area (Å²) >= 11 is 0. The molecular weight excluding hydrogens is 448 g/mol. The first-order valence-corrected chi connectivity index (χ1v) is 11.6. The molecule has 1 fully saturated rings. The molecule has 35 heavy (non-hydrogen) atoms. The predicted molar refractivity (Wildman–Crippen MR) is 131 cm³/mol. The molecule has 1 aliphatic rings. The smallest absolute Gasteiger partial charge is 0.263 e. The number of hydrogen-bond acceptors (Lipinski definition) is 7. The van der Waals surface area contributed by atoms with Crippen LogP contribution in [-0.2, 0) is 11.3 Å². The fraction of sp³-hybridized carbons (Fsp3) is 0.333. The van der Waals surface area contributed by atoms with Crippen molar-refractivity contribution in [3.8, 4) is 34.3 Å². The summed E-state index contributed by atoms with van der Waals surface area (Å²) in [6, 6.07) is 15.2. The van der Waals surface area contributed by atoms with Crippen LogP contribution in [0.4, 0.5) is 0 Å². The van der Waals surface area contributed by atoms with Gasteiger partial charge in [-0.3, -0.25) is 4.79 Å². The van der Waals surface area contributed by atoms with Crippen molar-refractivity contribution >= 4 is 5.91 Å². The van der Waals surface area contributed by atoms with E-state index in [1.807, 2.05) is 37.3 Å². The van der Waals surface area contributed by atoms with Crippen molar-refractivity contribution in [1.82, 2.24) is 9.88 Å². The zero-order valence-corrected chi connectivity index (χ0v) is 20.2. The fourth-order valence-electron chi connectivity index (χ4n) is 4.57. The third-order valence-electron chi connectivity index (χ3n) is 6.31. The lowest BCUT2D eigenvalue weighted by atomic mass is 9.97. The summed E-state index contributed by atoms with van der Waals surface area (Å²) in [5.74, 6) is -0.374. The molecule has 0 radical (unpaired) electrons. The molecule has 4 rings (SSSR count). The number of benzene rings is 2. The van der Waals surface area contributed by atoms with Gasteiger partial charge in [-0.1, -0.05) is 36.4 Å². The van der Waals surface area contributed by atoms with E-state index in [0.717, 1.165) is 12.0 Å². The summed E-state index contributed by atoms with van der Waals surface area (Å²) in [5, 5.41) is 22.2. The third-order valence-corrected chi connectivity index (χ3v) is 6.31. The Bertz CT molecular complexity index is 1180. The molecule has 1 amide bonds. The van der Waals surface area contributed by atoms with Crippen LogP contribution < -0.4 is 9.47 Å². The van der Waals surface area contributed by atoms with Gasteiger partial charge in [0.25, 0.3) is 5.91 Å². The highest BCUT2D eigenvalue weighted by atomic mass is 16.5. The molecule has 8 nitrogen and oxygen atoms in total. The van der Waals surface area contributed by atoms with Crippen LogP contribution >= 0.6 is 0 Å². The second kappa shape index (κ2) is 10.7. The monoisotopic (exact) mass is 478 g/mol. The summed E-state index contributed by atoms with van der Waals surface area (Å²) < 4.78 is 16.6. The SMILES string of the molecule is CCOCc1nc(O)c(C(=O)N2CC[C@@H](c3ccccc3)C2)c(O)c1-c1c(OC)cccc1OC. The van der Waals surface area contributed by atoms with E-state index in [0.29, 0.717) is 36.8 Å². The number of pyridine rings is 1. The van der Waals surface area contributed by atoms with Gasteiger partial charge in [0.15, 0.2) is 0 Å². The molecule has 184 valence electrons. The number of carbonyl (C=O) groups is 1. The molecule has 3 aromatic rings. The number of nitrogens with zero attached hydrogens (tertiary/aromatic N) is 2. The Kier molecular flexibility index (Phi) is 7.41. The minimum atomic E-state index is -0.539. The van der Waals surface area contributed by atoms with Crippen molar-refractivity contribution in [3.05, 3.63) is 65.4 Å². The molecule has 0 unspecified atom stereocenters. The van der Waals surface area contributed by atoms with Gasteiger partial charge in [-0.2, -0.15) is 0 Å². The van der Waals surface area contributed by atoms with Crippen LogP contribution in [0.25, 0.3) is 11.1 Å². The highest BCUT2D eigenvalue weighted by molar-refractivity contribution is 6.02. The highest BCUT2D eigenvalue weighted by Gasteiger charge is 2.34. The summed E-state index contributed by atoms with van der Waals surface area (Å²) in [5.41, 5.74) is 1.83. The first kappa shape index (κ1) is 24.3. The van der Waals surface area contributed by atoms with Crippen LogP contribution in [0.15, 0.2) is 48.5 Å². The fourth-order valence-corrected chi connectivity index (χ4v) is 4.57. The molecule has 1 aromatic heterocycles. The Morgan fingerprint density at radius 1 is 1.03 bits per heavy atom. The van der Waals surface area contributed by atoms with E-state index in [4.69, 9.17) is 14.2 Å². The molecule has 1 saturated heterocycles. The summed E-state index contributed by atoms with van der Waals surface area (Å²) in [4.78, 5) is 19.5. The molecule has 0 bridgehead atoms. The Morgan fingerprint density at radius 2 is 1.71 bits per heavy atom. The average molecular weight is 479 g/mol. The van der Waals surface area contributed by atoms with Crippen molar-refractivity contribution < 1.29 is 29.2 Å². The van der Waals surface area contributed by atoms with Crippen molar-refractivity contribution in [1.29, 1.82) is 0 Å². The number of methoxy groups -OCH3 is 2. The first-order valence-electron chi connectivity index (χ1n) is 11.6. The lowest BCUT2D eigenvalue weighted by molar-refractivity contribution is 0.0783. The van der Waals surface area contributed by atoms with E-state index >= 15 is 0 Å². The van der Waals surface area contributed by atoms with Gasteiger partial charge in [0.1, 0.15) is 22.8 Å². The normalized spacial score (nSPS) is 15.3. The molecule has 1 atom stereocenters. The van der Waals surface area contributed by atoms with Gasteiger partial charge in [-0.05, 0) is 31.0 Å². The Labute approximate surface area is 204 Å². The van der Waals surface area contributed by atoms with Crippen LogP contribution in [0.3, 0.4) is 0 Å². The van der Waals surface area contributed by atoms with Gasteiger partial charge in [-0.15, -0.1) is 0 Å². The Balaban J connectivity index is 1.79. The Hall–Kier alpha value is -3.78. The largest absolute Gasteiger partial charge is 0.506 e. The van der Waals surface area contributed by atoms with Crippen LogP contribution in [0.5, 0.6) is 23.1 Å². The molecule has 8 heteroatoms. The lowest BCUT2D eigenvalue weighted by Crippen LogP contribution is -2.29. The molecule has 0 aliphatic carbocycles. The first-order chi connectivity index (χ1) is 17.0. The maximum absolute atomic E-state index is 13.6. The quantitative estimate of drug-likeness (QED) is 0.497. The van der Waals surface area contributed by atoms with E-state index < -0.39 is 11.8 Å². The standard InChI is InChI=1S/C27H30N2O6/c1-4-35-16-19-22(23-20(33-2)11-8-12-21(23)34-3)25(30)24(26(31)28-19)27(32)29-14-13-18(15-29)17-9-6-5-7-10-17/h5-12,18H,4,13-16H2,1-3H3,(H2,28,30,31)/t18-/m1/s1. The van der Waals surface area contributed by atoms with Gasteiger partial charge in [0, 0.05) is 25.6 Å². The number of hydrogen-bond donors (Lipinski definition) is 2. The topological polar surface area (TPSA) is 101 Å². The number of rotatable bonds is 8. The molecule has 1 aliphatic heterocycles. The Morgan fingerprint density at radius 3 is 2.34 bits per heavy atom. The van der Waals surface area contributed by atoms with Crippen molar-refractivity contribution in [2.75, 3.05) is 33.9 Å². The second-order valence-electron chi connectivity index (χ2n) is 8.30. The number of aromatic hydroxyl groups is 2. The number of carbonyl (C=O) groups excluding carboxylic acids is 1. The summed E-state index contributed by atoms with van der Waals surface area (Å²) in [7, 11) is 3.01. The lowest BCUT2D eigenvalue weighted by Gasteiger charge is -2.22. The second-order valence-corrected chi connectivity index (χ2v) is 8.30. The minimum absolute atomic E-state index is 0.0163. The van der Waals surface area contributed by atoms with E-state index in [1.54, 1.807) is 23.1 Å². The zero-order valence-electron chi connectivity index (χ0n) is 20.2. The van der Waals surface area contributed by atoms with Gasteiger partial charge in [-0.25, -0.2) is 4.98 Å². The highest BCUT2D eigenvalue weighted by Crippen LogP contribution is 2.47. The van der Waals surface area contributed by atoms with Crippen molar-refractivity contribution in [2.45, 2.75) is 25.9 Å². The van der Waals surface area contributed by atoms with Gasteiger partial charge < -0.3 is 29.3 Å².